The third-order valence-corrected chi connectivity index (χ3v) is 12.7. The Hall–Kier alpha value is -4.16. The summed E-state index contributed by atoms with van der Waals surface area (Å²) in [6.07, 6.45) is 1.45. The minimum absolute atomic E-state index is 0.0759. The Bertz CT molecular complexity index is 1810. The van der Waals surface area contributed by atoms with Crippen LogP contribution in [0, 0.1) is 29.1 Å². The Morgan fingerprint density at radius 2 is 1.83 bits per heavy atom. The molecule has 1 heterocycles. The molecule has 54 heavy (non-hydrogen) atoms. The molecule has 2 bridgehead atoms. The second kappa shape index (κ2) is 16.3. The molecule has 0 radical (unpaired) electrons. The Kier molecular flexibility index (Phi) is 11.9. The van der Waals surface area contributed by atoms with Crippen LogP contribution < -0.4 is 26.0 Å². The van der Waals surface area contributed by atoms with Crippen molar-refractivity contribution in [2.24, 2.45) is 29.1 Å². The number of rotatable bonds is 14. The number of anilines is 2. The number of nitrogens with zero attached hydrogens (tertiary/aromatic N) is 2. The highest BCUT2D eigenvalue weighted by Crippen LogP contribution is 2.61. The molecule has 6 N–H and O–H groups in total. The lowest BCUT2D eigenvalue weighted by atomic mass is 9.45. The predicted molar refractivity (Wildman–Crippen MR) is 212 cm³/mol. The van der Waals surface area contributed by atoms with Gasteiger partial charge in [-0.3, -0.25) is 14.4 Å². The number of hydrogen-bond donors (Lipinski definition) is 5. The van der Waals surface area contributed by atoms with Gasteiger partial charge in [0.25, 0.3) is 5.91 Å². The monoisotopic (exact) mass is 741 g/mol. The molecule has 3 aliphatic carbocycles. The fourth-order valence-electron chi connectivity index (χ4n) is 9.41. The molecular weight excluding hydrogens is 683 g/mol. The van der Waals surface area contributed by atoms with E-state index in [1.807, 2.05) is 79.7 Å². The van der Waals surface area contributed by atoms with E-state index >= 15 is 0 Å². The summed E-state index contributed by atoms with van der Waals surface area (Å²) in [5.74, 6) is 1.45. The minimum Gasteiger partial charge on any atom is -0.496 e. The van der Waals surface area contributed by atoms with Crippen molar-refractivity contribution >= 4 is 23.2 Å². The highest BCUT2D eigenvalue weighted by molar-refractivity contribution is 5.97. The second-order valence-corrected chi connectivity index (χ2v) is 16.5. The average Bonchev–Trinajstić information content (AvgIpc) is 3.48. The number of ether oxygens (including phenoxy) is 1. The number of aliphatic hydroxyl groups excluding tert-OH is 2. The number of fused-ring (bicyclic) bond motifs is 2. The SMILES string of the molecule is COc1c(CN2O[C@@H](CO)[C@@H]([C@H](C)O)[C@H]2CC(=O)N[C@H]2C[C@H]3C[C@@H]([C@@H]2C)C3(C)C)cccc1-c1cc(C(=O)NCCc2ccccc2N)cc(N(C)C)c1. The van der Waals surface area contributed by atoms with Crippen molar-refractivity contribution in [3.63, 3.8) is 0 Å². The summed E-state index contributed by atoms with van der Waals surface area (Å²) < 4.78 is 6.07. The first-order valence-electron chi connectivity index (χ1n) is 19.3. The van der Waals surface area contributed by atoms with Gasteiger partial charge in [0.05, 0.1) is 32.4 Å². The average molecular weight is 742 g/mol. The summed E-state index contributed by atoms with van der Waals surface area (Å²) in [6, 6.07) is 18.9. The number of benzene rings is 3. The third-order valence-electron chi connectivity index (χ3n) is 12.7. The number of nitrogens with two attached hydrogens (primary N) is 1. The van der Waals surface area contributed by atoms with E-state index < -0.39 is 24.2 Å². The first-order chi connectivity index (χ1) is 25.7. The van der Waals surface area contributed by atoms with Gasteiger partial charge in [-0.05, 0) is 84.7 Å². The van der Waals surface area contributed by atoms with Crippen molar-refractivity contribution < 1.29 is 29.4 Å². The molecule has 0 aromatic heterocycles. The molecule has 11 heteroatoms. The fraction of sp³-hybridized carbons (Fsp3) is 0.535. The molecule has 11 nitrogen and oxygen atoms in total. The van der Waals surface area contributed by atoms with Gasteiger partial charge in [-0.15, -0.1) is 0 Å². The van der Waals surface area contributed by atoms with Gasteiger partial charge in [-0.2, -0.15) is 5.06 Å². The van der Waals surface area contributed by atoms with Gasteiger partial charge in [-0.25, -0.2) is 0 Å². The first-order valence-corrected chi connectivity index (χ1v) is 19.3. The van der Waals surface area contributed by atoms with Crippen molar-refractivity contribution in [3.8, 4) is 16.9 Å². The molecule has 292 valence electrons. The molecule has 7 rings (SSSR count). The van der Waals surface area contributed by atoms with Gasteiger partial charge in [0, 0.05) is 67.1 Å². The van der Waals surface area contributed by atoms with Crippen molar-refractivity contribution in [3.05, 3.63) is 77.4 Å². The van der Waals surface area contributed by atoms with E-state index in [1.165, 1.54) is 6.42 Å². The lowest BCUT2D eigenvalue weighted by Crippen LogP contribution is -2.61. The predicted octanol–water partition coefficient (Wildman–Crippen LogP) is 5.03. The maximum atomic E-state index is 13.7. The van der Waals surface area contributed by atoms with E-state index in [1.54, 1.807) is 19.1 Å². The Labute approximate surface area is 320 Å². The molecule has 1 saturated heterocycles. The number of para-hydroxylation sites is 2. The lowest BCUT2D eigenvalue weighted by molar-refractivity contribution is -0.180. The van der Waals surface area contributed by atoms with E-state index in [4.69, 9.17) is 15.3 Å². The van der Waals surface area contributed by atoms with E-state index in [9.17, 15) is 19.8 Å². The Morgan fingerprint density at radius 3 is 2.48 bits per heavy atom. The summed E-state index contributed by atoms with van der Waals surface area (Å²) in [4.78, 5) is 35.5. The fourth-order valence-corrected chi connectivity index (χ4v) is 9.41. The van der Waals surface area contributed by atoms with Crippen LogP contribution in [0.15, 0.2) is 60.7 Å². The number of amides is 2. The lowest BCUT2D eigenvalue weighted by Gasteiger charge is -2.62. The number of carbonyl (C=O) groups is 2. The Balaban J connectivity index is 1.23. The van der Waals surface area contributed by atoms with Gasteiger partial charge < -0.3 is 36.2 Å². The van der Waals surface area contributed by atoms with Crippen molar-refractivity contribution in [2.45, 2.75) is 84.2 Å². The topological polar surface area (TPSA) is 150 Å². The zero-order valence-electron chi connectivity index (χ0n) is 32.8. The summed E-state index contributed by atoms with van der Waals surface area (Å²) in [5, 5.41) is 29.4. The van der Waals surface area contributed by atoms with Crippen molar-refractivity contribution in [1.82, 2.24) is 15.7 Å². The Morgan fingerprint density at radius 1 is 1.09 bits per heavy atom. The molecule has 4 fully saturated rings. The van der Waals surface area contributed by atoms with Crippen LogP contribution in [-0.2, 0) is 22.6 Å². The highest BCUT2D eigenvalue weighted by Gasteiger charge is 2.56. The molecule has 0 unspecified atom stereocenters. The summed E-state index contributed by atoms with van der Waals surface area (Å²) in [6.45, 7) is 9.02. The largest absolute Gasteiger partial charge is 0.496 e. The normalized spacial score (nSPS) is 26.4. The maximum Gasteiger partial charge on any atom is 0.251 e. The molecule has 0 spiro atoms. The van der Waals surface area contributed by atoms with Crippen LogP contribution in [-0.4, -0.2) is 85.7 Å². The molecule has 8 atom stereocenters. The molecule has 3 aromatic carbocycles. The van der Waals surface area contributed by atoms with E-state index in [2.05, 4.69) is 31.4 Å². The van der Waals surface area contributed by atoms with Gasteiger partial charge in [0.2, 0.25) is 5.91 Å². The first kappa shape index (κ1) is 39.5. The quantitative estimate of drug-likeness (QED) is 0.144. The molecule has 4 aliphatic rings. The van der Waals surface area contributed by atoms with Crippen molar-refractivity contribution in [1.29, 1.82) is 0 Å². The molecular formula is C43H59N5O6. The second-order valence-electron chi connectivity index (χ2n) is 16.5. The van der Waals surface area contributed by atoms with Crippen LogP contribution in [0.5, 0.6) is 5.75 Å². The number of nitrogen functional groups attached to an aromatic ring is 1. The smallest absolute Gasteiger partial charge is 0.251 e. The number of hydroxylamine groups is 2. The number of carbonyl (C=O) groups excluding carboxylic acids is 2. The minimum atomic E-state index is -0.816. The molecule has 1 aliphatic heterocycles. The van der Waals surface area contributed by atoms with E-state index in [-0.39, 0.29) is 37.4 Å². The van der Waals surface area contributed by atoms with Crippen molar-refractivity contribution in [2.75, 3.05) is 45.0 Å². The number of aliphatic hydroxyl groups is 2. The molecule has 2 amide bonds. The van der Waals surface area contributed by atoms with Crippen LogP contribution in [0.25, 0.3) is 11.1 Å². The van der Waals surface area contributed by atoms with Crippen LogP contribution in [0.1, 0.15) is 68.4 Å². The number of hydrogen-bond acceptors (Lipinski definition) is 9. The zero-order chi connectivity index (χ0) is 38.9. The number of methoxy groups -OCH3 is 1. The highest BCUT2D eigenvalue weighted by atomic mass is 16.7. The summed E-state index contributed by atoms with van der Waals surface area (Å²) in [7, 11) is 5.48. The number of nitrogens with one attached hydrogen (secondary N) is 2. The zero-order valence-corrected chi connectivity index (χ0v) is 32.8. The molecule has 3 aromatic rings. The van der Waals surface area contributed by atoms with Crippen LogP contribution in [0.4, 0.5) is 11.4 Å². The third kappa shape index (κ3) is 7.96. The van der Waals surface area contributed by atoms with E-state index in [0.29, 0.717) is 53.1 Å². The van der Waals surface area contributed by atoms with Gasteiger partial charge in [-0.1, -0.05) is 57.2 Å². The summed E-state index contributed by atoms with van der Waals surface area (Å²) >= 11 is 0. The van der Waals surface area contributed by atoms with Gasteiger partial charge in [0.15, 0.2) is 0 Å². The van der Waals surface area contributed by atoms with Gasteiger partial charge in [0.1, 0.15) is 11.9 Å². The standard InChI is InChI=1S/C43H59N5O6/c1-25-34-20-31(43(34,3)4)21-36(25)46-39(51)22-37-40(26(2)50)38(24-49)54-48(37)23-28-12-10-13-33(41(28)53-7)29-17-30(19-32(18-29)47(5)6)42(52)45-16-15-27-11-8-9-14-35(27)44/h8-14,17-19,25-26,31,34,36-38,40,49-50H,15-16,20-24,44H2,1-7H3,(H,45,52)(H,46,51)/t25-,26-,31+,34-,36-,37+,38-,40-/m0/s1. The molecule has 3 saturated carbocycles. The van der Waals surface area contributed by atoms with Gasteiger partial charge >= 0.3 is 0 Å². The maximum absolute atomic E-state index is 13.7. The van der Waals surface area contributed by atoms with Crippen LogP contribution in [0.3, 0.4) is 0 Å². The summed E-state index contributed by atoms with van der Waals surface area (Å²) in [5.41, 5.74) is 11.9. The van der Waals surface area contributed by atoms with Crippen LogP contribution in [0.2, 0.25) is 0 Å². The van der Waals surface area contributed by atoms with Crippen LogP contribution >= 0.6 is 0 Å². The van der Waals surface area contributed by atoms with E-state index in [0.717, 1.165) is 34.4 Å².